The topological polar surface area (TPSA) is 65.2 Å². The van der Waals surface area contributed by atoms with Gasteiger partial charge in [-0.1, -0.05) is 0 Å². The Hall–Kier alpha value is -3.36. The molecule has 0 aromatic heterocycles. The van der Waals surface area contributed by atoms with E-state index >= 15 is 0 Å². The summed E-state index contributed by atoms with van der Waals surface area (Å²) in [4.78, 5) is 0. The third-order valence-corrected chi connectivity index (χ3v) is 14.5. The van der Waals surface area contributed by atoms with Crippen LogP contribution in [0, 0.1) is 0 Å². The van der Waals surface area contributed by atoms with E-state index in [1.807, 2.05) is 12.4 Å². The molecule has 1 aliphatic rings. The first-order chi connectivity index (χ1) is 22.6. The van der Waals surface area contributed by atoms with Gasteiger partial charge >= 0.3 is 299 Å². The first-order valence-electron chi connectivity index (χ1n) is 17.4. The molecule has 0 radical (unpaired) electrons. The van der Waals surface area contributed by atoms with Gasteiger partial charge in [-0.25, -0.2) is 0 Å². The Morgan fingerprint density at radius 2 is 0.820 bits per heavy atom. The fourth-order valence-corrected chi connectivity index (χ4v) is 12.0. The van der Waals surface area contributed by atoms with Crippen LogP contribution in [0.5, 0.6) is 11.5 Å². The fraction of sp³-hybridized carbons (Fsp3) is 0.409. The van der Waals surface area contributed by atoms with Crippen molar-refractivity contribution in [2.24, 2.45) is 7.95 Å². The number of phenolic OH excluding ortho intramolecular Hbond substituents is 2. The zero-order valence-electron chi connectivity index (χ0n) is 32.0. The summed E-state index contributed by atoms with van der Waals surface area (Å²) in [6, 6.07) is 29.7. The second-order valence-electron chi connectivity index (χ2n) is 17.7. The van der Waals surface area contributed by atoms with Crippen LogP contribution in [0.25, 0.3) is 0 Å². The van der Waals surface area contributed by atoms with E-state index in [9.17, 15) is 10.2 Å². The summed E-state index contributed by atoms with van der Waals surface area (Å²) in [5.74, 6) is 0.554. The Balaban J connectivity index is 0.00000562. The van der Waals surface area contributed by atoms with Crippen LogP contribution in [-0.2, 0) is 35.2 Å². The molecule has 0 saturated carbocycles. The number of benzene rings is 4. The van der Waals surface area contributed by atoms with Gasteiger partial charge in [-0.2, -0.15) is 0 Å². The first-order valence-corrected chi connectivity index (χ1v) is 20.0. The molecule has 0 spiro atoms. The summed E-state index contributed by atoms with van der Waals surface area (Å²) in [6.45, 7) is 26.1. The molecule has 2 N–H and O–H groups in total. The smallest absolute Gasteiger partial charge is 0.147 e. The molecule has 1 aliphatic heterocycles. The van der Waals surface area contributed by atoms with E-state index in [0.29, 0.717) is 0 Å². The van der Waals surface area contributed by atoms with Gasteiger partial charge in [0.25, 0.3) is 0 Å². The van der Waals surface area contributed by atoms with Crippen molar-refractivity contribution in [1.29, 1.82) is 0 Å². The minimum atomic E-state index is -3.20. The summed E-state index contributed by atoms with van der Waals surface area (Å²) in [5, 5.41) is 23.4. The molecule has 6 heteroatoms. The third-order valence-electron chi connectivity index (χ3n) is 9.55. The standard InChI is InChI=1S/2C15H22NO.C14H12.ClH.Cr/c2*1-14(2,3)11-7-10(9-16)13(17)12(8-11)15(4,5)6;1-3-7-13(8-4-1)11-12-14-9-5-2-6-10-14;;/h2*7-9,17H,1-6H3;1-12H;1H;/q2*-1;;;+2. The van der Waals surface area contributed by atoms with Crippen LogP contribution < -0.4 is 0 Å². The average molecular weight is 733 g/mol. The molecule has 4 aromatic carbocycles. The molecule has 1 fully saturated rings. The minimum Gasteiger partial charge on any atom is -0.147 e. The Morgan fingerprint density at radius 1 is 0.500 bits per heavy atom. The van der Waals surface area contributed by atoms with Gasteiger partial charge in [-0.05, 0) is 0 Å². The maximum absolute atomic E-state index is 11.7. The number of hydrogen-bond donors (Lipinski definition) is 2. The van der Waals surface area contributed by atoms with Crippen molar-refractivity contribution in [1.82, 2.24) is 0 Å². The Kier molecular flexibility index (Phi) is 11.0. The average Bonchev–Trinajstić information content (AvgIpc) is 3.67. The summed E-state index contributed by atoms with van der Waals surface area (Å²) < 4.78 is 11.3. The molecule has 5 rings (SSSR count). The van der Waals surface area contributed by atoms with Gasteiger partial charge in [0.1, 0.15) is 0 Å². The van der Waals surface area contributed by atoms with Crippen molar-refractivity contribution >= 4 is 24.8 Å². The third kappa shape index (κ3) is 8.07. The Labute approximate surface area is 310 Å². The van der Waals surface area contributed by atoms with Crippen LogP contribution in [-0.4, -0.2) is 22.6 Å². The molecule has 0 amide bonds. The monoisotopic (exact) mass is 732 g/mol. The number of aromatic hydroxyl groups is 2. The molecule has 4 nitrogen and oxygen atoms in total. The molecule has 4 aromatic rings. The number of nitrogens with zero attached hydrogens (tertiary/aromatic N) is 2. The van der Waals surface area contributed by atoms with Crippen LogP contribution >= 0.6 is 12.4 Å². The molecule has 0 bridgehead atoms. The van der Waals surface area contributed by atoms with Gasteiger partial charge in [0.2, 0.25) is 0 Å². The summed E-state index contributed by atoms with van der Waals surface area (Å²) in [7, 11) is 0. The molecule has 1 saturated heterocycles. The first kappa shape index (κ1) is 39.4. The van der Waals surface area contributed by atoms with Crippen molar-refractivity contribution in [3.8, 4) is 11.5 Å². The molecule has 0 unspecified atom stereocenters. The van der Waals surface area contributed by atoms with Crippen LogP contribution in [0.4, 0.5) is 0 Å². The van der Waals surface area contributed by atoms with Crippen LogP contribution in [0.1, 0.15) is 137 Å². The quantitative estimate of drug-likeness (QED) is 0.194. The van der Waals surface area contributed by atoms with Gasteiger partial charge in [0.15, 0.2) is 0 Å². The number of hydrogen-bond acceptors (Lipinski definition) is 4. The van der Waals surface area contributed by atoms with Gasteiger partial charge < -0.3 is 0 Å². The van der Waals surface area contributed by atoms with Crippen molar-refractivity contribution in [3.05, 3.63) is 129 Å². The van der Waals surface area contributed by atoms with E-state index in [4.69, 9.17) is 7.95 Å². The molecular weight excluding hydrogens is 676 g/mol. The molecule has 50 heavy (non-hydrogen) atoms. The maximum atomic E-state index is 11.7. The fourth-order valence-electron chi connectivity index (χ4n) is 6.41. The molecule has 1 heterocycles. The van der Waals surface area contributed by atoms with E-state index in [-0.39, 0.29) is 55.1 Å². The van der Waals surface area contributed by atoms with Crippen LogP contribution in [0.2, 0.25) is 0 Å². The van der Waals surface area contributed by atoms with Crippen LogP contribution in [0.15, 0.2) is 92.9 Å². The molecule has 0 aliphatic carbocycles. The van der Waals surface area contributed by atoms with Crippen molar-refractivity contribution in [2.45, 2.75) is 114 Å². The summed E-state index contributed by atoms with van der Waals surface area (Å²) >= 11 is -3.20. The number of rotatable bonds is 6. The SMILES string of the molecule is CC(C)(C)c1cc(C=[N][Cr]2([N]=Cc3cc(C(C)(C)C)cc(C(C)(C)C)c3O)[C@H](c3ccccc3)[C@H]2c2ccccc2)c(O)c(C(C)(C)C)c1.Cl. The predicted octanol–water partition coefficient (Wildman–Crippen LogP) is 11.7. The van der Waals surface area contributed by atoms with Gasteiger partial charge in [-0.15, -0.1) is 12.4 Å². The zero-order valence-corrected chi connectivity index (χ0v) is 34.1. The molecular formula is C44H57ClCrN2O2. The van der Waals surface area contributed by atoms with Crippen molar-refractivity contribution in [3.63, 3.8) is 0 Å². The van der Waals surface area contributed by atoms with Crippen molar-refractivity contribution in [2.75, 3.05) is 0 Å². The molecule has 2 atom stereocenters. The number of phenols is 2. The number of halogens is 1. The zero-order chi connectivity index (χ0) is 36.2. The van der Waals surface area contributed by atoms with Gasteiger partial charge in [0.05, 0.1) is 0 Å². The van der Waals surface area contributed by atoms with Crippen LogP contribution in [0.3, 0.4) is 0 Å². The Bertz CT molecular complexity index is 1730. The summed E-state index contributed by atoms with van der Waals surface area (Å²) in [5.41, 5.74) is 7.32. The van der Waals surface area contributed by atoms with E-state index in [1.165, 1.54) is 11.1 Å². The summed E-state index contributed by atoms with van der Waals surface area (Å²) in [6.07, 6.45) is 3.81. The predicted molar refractivity (Wildman–Crippen MR) is 212 cm³/mol. The second kappa shape index (κ2) is 14.0. The largest absolute Gasteiger partial charge is 0.147 e. The minimum absolute atomic E-state index is 0. The second-order valence-corrected chi connectivity index (χ2v) is 21.9. The van der Waals surface area contributed by atoms with E-state index in [1.54, 1.807) is 0 Å². The molecule has 268 valence electrons. The van der Waals surface area contributed by atoms with E-state index in [2.05, 4.69) is 168 Å². The van der Waals surface area contributed by atoms with Gasteiger partial charge in [0, 0.05) is 0 Å². The van der Waals surface area contributed by atoms with Crippen molar-refractivity contribution < 1.29 is 23.7 Å². The maximum Gasteiger partial charge on any atom is -0.147 e. The Morgan fingerprint density at radius 3 is 1.10 bits per heavy atom. The normalized spacial score (nSPS) is 21.2. The van der Waals surface area contributed by atoms with E-state index in [0.717, 1.165) is 33.4 Å². The van der Waals surface area contributed by atoms with Gasteiger partial charge in [-0.3, -0.25) is 0 Å². The van der Waals surface area contributed by atoms with E-state index < -0.39 is 13.5 Å².